The van der Waals surface area contributed by atoms with Crippen LogP contribution in [0.1, 0.15) is 22.8 Å². The Labute approximate surface area is 206 Å². The molecule has 0 radical (unpaired) electrons. The topological polar surface area (TPSA) is 115 Å². The van der Waals surface area contributed by atoms with Crippen molar-refractivity contribution in [3.05, 3.63) is 82.9 Å². The molecule has 0 bridgehead atoms. The Balaban J connectivity index is 1.58. The minimum Gasteiger partial charge on any atom is -0.494 e. The van der Waals surface area contributed by atoms with E-state index >= 15 is 0 Å². The monoisotopic (exact) mass is 495 g/mol. The number of hydrogen-bond acceptors (Lipinski definition) is 7. The second kappa shape index (κ2) is 12.2. The van der Waals surface area contributed by atoms with Crippen LogP contribution in [-0.2, 0) is 9.59 Å². The maximum atomic E-state index is 12.5. The smallest absolute Gasteiger partial charge is 0.343 e. The molecule has 0 aliphatic carbocycles. The van der Waals surface area contributed by atoms with Gasteiger partial charge in [0.15, 0.2) is 11.5 Å². The van der Waals surface area contributed by atoms with Gasteiger partial charge in [-0.1, -0.05) is 11.6 Å². The first-order valence-electron chi connectivity index (χ1n) is 10.4. The van der Waals surface area contributed by atoms with E-state index in [4.69, 9.17) is 25.8 Å². The Morgan fingerprint density at radius 2 is 1.66 bits per heavy atom. The van der Waals surface area contributed by atoms with Gasteiger partial charge in [-0.2, -0.15) is 5.10 Å². The van der Waals surface area contributed by atoms with Crippen molar-refractivity contribution in [1.82, 2.24) is 5.43 Å². The number of ether oxygens (including phenoxy) is 3. The standard InChI is InChI=1S/C25H22ClN3O6/c1-3-34-20-11-5-17(6-12-20)25(32)35-21-13-4-16(14-22(21)33-2)15-27-29-24(31)23(30)28-19-9-7-18(26)8-10-19/h4-15H,3H2,1-2H3,(H,28,30)(H,29,31)/b27-15-. The Hall–Kier alpha value is -4.37. The van der Waals surface area contributed by atoms with Crippen LogP contribution in [0.4, 0.5) is 5.69 Å². The zero-order valence-corrected chi connectivity index (χ0v) is 19.7. The molecule has 0 saturated carbocycles. The van der Waals surface area contributed by atoms with Crippen molar-refractivity contribution in [1.29, 1.82) is 0 Å². The first-order valence-corrected chi connectivity index (χ1v) is 10.8. The van der Waals surface area contributed by atoms with Crippen LogP contribution in [0.5, 0.6) is 17.2 Å². The zero-order chi connectivity index (χ0) is 25.2. The fourth-order valence-corrected chi connectivity index (χ4v) is 2.92. The Kier molecular flexibility index (Phi) is 8.80. The molecular weight excluding hydrogens is 474 g/mol. The van der Waals surface area contributed by atoms with Gasteiger partial charge in [0.1, 0.15) is 5.75 Å². The molecule has 0 saturated heterocycles. The van der Waals surface area contributed by atoms with Gasteiger partial charge in [0.25, 0.3) is 0 Å². The number of hydrazone groups is 1. The molecule has 3 aromatic rings. The van der Waals surface area contributed by atoms with Gasteiger partial charge in [0.05, 0.1) is 25.5 Å². The van der Waals surface area contributed by atoms with Crippen LogP contribution in [-0.4, -0.2) is 37.7 Å². The fraction of sp³-hybridized carbons (Fsp3) is 0.120. The molecule has 0 spiro atoms. The molecule has 0 unspecified atom stereocenters. The molecule has 3 aromatic carbocycles. The highest BCUT2D eigenvalue weighted by Gasteiger charge is 2.14. The molecular formula is C25H22ClN3O6. The third-order valence-corrected chi connectivity index (χ3v) is 4.73. The number of amides is 2. The lowest BCUT2D eigenvalue weighted by Crippen LogP contribution is -2.32. The number of carbonyl (C=O) groups excluding carboxylic acids is 3. The van der Waals surface area contributed by atoms with Gasteiger partial charge in [-0.25, -0.2) is 10.2 Å². The maximum absolute atomic E-state index is 12.5. The average molecular weight is 496 g/mol. The molecule has 9 nitrogen and oxygen atoms in total. The second-order valence-corrected chi connectivity index (χ2v) is 7.35. The summed E-state index contributed by atoms with van der Waals surface area (Å²) in [6.45, 7) is 2.40. The van der Waals surface area contributed by atoms with Crippen LogP contribution in [0.15, 0.2) is 71.8 Å². The molecule has 0 aromatic heterocycles. The minimum absolute atomic E-state index is 0.204. The highest BCUT2D eigenvalue weighted by Crippen LogP contribution is 2.28. The summed E-state index contributed by atoms with van der Waals surface area (Å²) < 4.78 is 16.1. The summed E-state index contributed by atoms with van der Waals surface area (Å²) in [4.78, 5) is 36.4. The number of halogens is 1. The summed E-state index contributed by atoms with van der Waals surface area (Å²) in [5.41, 5.74) is 3.43. The number of nitrogens with one attached hydrogen (secondary N) is 2. The van der Waals surface area contributed by atoms with Crippen molar-refractivity contribution >= 4 is 41.3 Å². The van der Waals surface area contributed by atoms with Crippen molar-refractivity contribution < 1.29 is 28.6 Å². The average Bonchev–Trinajstić information content (AvgIpc) is 2.86. The first-order chi connectivity index (χ1) is 16.9. The van der Waals surface area contributed by atoms with Crippen molar-refractivity contribution in [2.45, 2.75) is 6.92 Å². The van der Waals surface area contributed by atoms with E-state index in [9.17, 15) is 14.4 Å². The Morgan fingerprint density at radius 1 is 0.943 bits per heavy atom. The first kappa shape index (κ1) is 25.3. The predicted octanol–water partition coefficient (Wildman–Crippen LogP) is 4.06. The van der Waals surface area contributed by atoms with Crippen LogP contribution < -0.4 is 25.0 Å². The van der Waals surface area contributed by atoms with E-state index in [1.54, 1.807) is 60.7 Å². The Morgan fingerprint density at radius 3 is 2.31 bits per heavy atom. The largest absolute Gasteiger partial charge is 0.494 e. The second-order valence-electron chi connectivity index (χ2n) is 6.92. The van der Waals surface area contributed by atoms with E-state index in [-0.39, 0.29) is 11.5 Å². The molecule has 0 aliphatic rings. The lowest BCUT2D eigenvalue weighted by molar-refractivity contribution is -0.136. The van der Waals surface area contributed by atoms with E-state index in [0.29, 0.717) is 34.2 Å². The fourth-order valence-electron chi connectivity index (χ4n) is 2.80. The van der Waals surface area contributed by atoms with E-state index in [2.05, 4.69) is 15.8 Å². The summed E-state index contributed by atoms with van der Waals surface area (Å²) in [5, 5.41) is 6.70. The van der Waals surface area contributed by atoms with E-state index in [0.717, 1.165) is 0 Å². The van der Waals surface area contributed by atoms with Gasteiger partial charge in [-0.15, -0.1) is 0 Å². The normalized spacial score (nSPS) is 10.5. The van der Waals surface area contributed by atoms with E-state index in [1.165, 1.54) is 19.4 Å². The maximum Gasteiger partial charge on any atom is 0.343 e. The molecule has 0 aliphatic heterocycles. The van der Waals surface area contributed by atoms with Crippen molar-refractivity contribution in [3.8, 4) is 17.2 Å². The lowest BCUT2D eigenvalue weighted by atomic mass is 10.2. The molecule has 35 heavy (non-hydrogen) atoms. The number of carbonyl (C=O) groups is 3. The van der Waals surface area contributed by atoms with Crippen molar-refractivity contribution in [3.63, 3.8) is 0 Å². The van der Waals surface area contributed by atoms with E-state index in [1.807, 2.05) is 6.92 Å². The summed E-state index contributed by atoms with van der Waals surface area (Å²) in [5.74, 6) is -1.27. The zero-order valence-electron chi connectivity index (χ0n) is 18.9. The third kappa shape index (κ3) is 7.31. The predicted molar refractivity (Wildman–Crippen MR) is 131 cm³/mol. The SMILES string of the molecule is CCOc1ccc(C(=O)Oc2ccc(/C=N\NC(=O)C(=O)Nc3ccc(Cl)cc3)cc2OC)cc1. The summed E-state index contributed by atoms with van der Waals surface area (Å²) >= 11 is 5.79. The molecule has 180 valence electrons. The number of nitrogens with zero attached hydrogens (tertiary/aromatic N) is 1. The summed E-state index contributed by atoms with van der Waals surface area (Å²) in [6.07, 6.45) is 1.31. The van der Waals surface area contributed by atoms with Crippen LogP contribution >= 0.6 is 11.6 Å². The molecule has 2 amide bonds. The highest BCUT2D eigenvalue weighted by molar-refractivity contribution is 6.39. The van der Waals surface area contributed by atoms with Crippen LogP contribution in [0.25, 0.3) is 0 Å². The van der Waals surface area contributed by atoms with Gasteiger partial charge in [-0.3, -0.25) is 9.59 Å². The number of rotatable bonds is 8. The summed E-state index contributed by atoms with van der Waals surface area (Å²) in [6, 6.07) is 17.6. The number of anilines is 1. The van der Waals surface area contributed by atoms with Crippen molar-refractivity contribution in [2.75, 3.05) is 19.0 Å². The Bertz CT molecular complexity index is 1230. The number of esters is 1. The van der Waals surface area contributed by atoms with Gasteiger partial charge < -0.3 is 19.5 Å². The van der Waals surface area contributed by atoms with Crippen molar-refractivity contribution in [2.24, 2.45) is 5.10 Å². The molecule has 3 rings (SSSR count). The molecule has 0 atom stereocenters. The minimum atomic E-state index is -0.955. The van der Waals surface area contributed by atoms with Crippen LogP contribution in [0.2, 0.25) is 5.02 Å². The molecule has 0 heterocycles. The van der Waals surface area contributed by atoms with Crippen LogP contribution in [0, 0.1) is 0 Å². The van der Waals surface area contributed by atoms with Gasteiger partial charge in [0.2, 0.25) is 0 Å². The number of methoxy groups -OCH3 is 1. The lowest BCUT2D eigenvalue weighted by Gasteiger charge is -2.10. The number of hydrogen-bond donors (Lipinski definition) is 2. The van der Waals surface area contributed by atoms with Gasteiger partial charge in [0, 0.05) is 10.7 Å². The third-order valence-electron chi connectivity index (χ3n) is 4.48. The van der Waals surface area contributed by atoms with E-state index < -0.39 is 17.8 Å². The quantitative estimate of drug-likeness (QED) is 0.160. The molecule has 10 heteroatoms. The summed E-state index contributed by atoms with van der Waals surface area (Å²) in [7, 11) is 1.42. The molecule has 0 fully saturated rings. The van der Waals surface area contributed by atoms with Gasteiger partial charge >= 0.3 is 17.8 Å². The van der Waals surface area contributed by atoms with Gasteiger partial charge in [-0.05, 0) is 79.2 Å². The van der Waals surface area contributed by atoms with Crippen LogP contribution in [0.3, 0.4) is 0 Å². The molecule has 2 N–H and O–H groups in total. The number of benzene rings is 3. The highest BCUT2D eigenvalue weighted by atomic mass is 35.5.